The molecule has 0 aliphatic carbocycles. The predicted octanol–water partition coefficient (Wildman–Crippen LogP) is 5.70. The van der Waals surface area contributed by atoms with Crippen LogP contribution in [0.5, 0.6) is 0 Å². The fourth-order valence-electron chi connectivity index (χ4n) is 10.5. The first-order valence-electron chi connectivity index (χ1n) is 23.4. The van der Waals surface area contributed by atoms with Crippen molar-refractivity contribution in [1.82, 2.24) is 30.3 Å². The van der Waals surface area contributed by atoms with Crippen molar-refractivity contribution in [2.24, 2.45) is 0 Å². The summed E-state index contributed by atoms with van der Waals surface area (Å²) < 4.78 is 5.46. The third-order valence-corrected chi connectivity index (χ3v) is 14.1. The van der Waals surface area contributed by atoms with Crippen molar-refractivity contribution >= 4 is 35.0 Å². The Morgan fingerprint density at radius 1 is 0.879 bits per heavy atom. The van der Waals surface area contributed by atoms with Crippen LogP contribution in [-0.4, -0.2) is 108 Å². The molecule has 5 aliphatic heterocycles. The largest absolute Gasteiger partial charge is 0.497 e. The number of nitrogens with zero attached hydrogens (tertiary/aromatic N) is 5. The molecule has 6 heterocycles. The Morgan fingerprint density at radius 2 is 1.65 bits per heavy atom. The summed E-state index contributed by atoms with van der Waals surface area (Å²) in [5.74, 6) is -1.03. The lowest BCUT2D eigenvalue weighted by Gasteiger charge is -2.43. The summed E-state index contributed by atoms with van der Waals surface area (Å²) in [6, 6.07) is 20.8. The number of likely N-dealkylation sites (N-methyl/N-ethyl adjacent to an activating group) is 1. The van der Waals surface area contributed by atoms with Crippen LogP contribution in [0.15, 0.2) is 89.6 Å². The molecule has 1 atom stereocenters. The second-order valence-corrected chi connectivity index (χ2v) is 18.3. The van der Waals surface area contributed by atoms with Gasteiger partial charge in [-0.05, 0) is 142 Å². The van der Waals surface area contributed by atoms with E-state index in [1.165, 1.54) is 11.3 Å². The van der Waals surface area contributed by atoms with Gasteiger partial charge < -0.3 is 29.7 Å². The number of piperazine rings is 1. The van der Waals surface area contributed by atoms with Crippen LogP contribution in [0.1, 0.15) is 86.8 Å². The van der Waals surface area contributed by atoms with E-state index in [0.29, 0.717) is 48.8 Å². The van der Waals surface area contributed by atoms with Crippen molar-refractivity contribution in [3.8, 4) is 11.1 Å². The molecule has 3 saturated heterocycles. The summed E-state index contributed by atoms with van der Waals surface area (Å²) in [4.78, 5) is 78.5. The standard InChI is InChI=1S/C52H60N8O6/c1-5-59(42-16-24-66-25-17-42)47-29-38(28-44(35(47)4)49(62)53-30-45-33(2)26-34(3)54-50(45)63)37-7-9-40(10-8-37)57-20-22-58(23-21-57)41-14-18-56(19-15-41)31-36-6-11-43-39(27-36)32-60(52(43)65)46-12-13-48(61)55-51(46)64/h6-11,16-17,24,26-29,41,46H,5,12-15,18-23,25,30-32H2,1-4H3,(H,53,62)(H,54,63)(H,55,61,64). The number of aromatic nitrogens is 1. The number of piperidine rings is 2. The van der Waals surface area contributed by atoms with E-state index < -0.39 is 6.04 Å². The lowest BCUT2D eigenvalue weighted by molar-refractivity contribution is -0.136. The quantitative estimate of drug-likeness (QED) is 0.151. The molecular formula is C52H60N8O6. The van der Waals surface area contributed by atoms with E-state index in [-0.39, 0.29) is 42.2 Å². The molecule has 0 bridgehead atoms. The van der Waals surface area contributed by atoms with Crippen molar-refractivity contribution < 1.29 is 23.9 Å². The van der Waals surface area contributed by atoms with Crippen LogP contribution in [-0.2, 0) is 34.0 Å². The Labute approximate surface area is 386 Å². The van der Waals surface area contributed by atoms with E-state index >= 15 is 0 Å². The molecule has 4 amide bonds. The SMILES string of the molecule is CCN(C1=CCOC=C1)c1cc(-c2ccc(N3CCN(C4CCN(Cc5ccc6c(c5)CN(C5CCC(=O)NC5=O)C6=O)CC4)CC3)cc2)cc(C(=O)NCc2c(C)cc(C)[nH]c2=O)c1C. The van der Waals surface area contributed by atoms with Crippen LogP contribution in [0.2, 0.25) is 0 Å². The number of pyridine rings is 1. The number of H-pyrrole nitrogens is 1. The van der Waals surface area contributed by atoms with Crippen molar-refractivity contribution in [2.75, 3.05) is 62.2 Å². The summed E-state index contributed by atoms with van der Waals surface area (Å²) in [7, 11) is 0. The van der Waals surface area contributed by atoms with Gasteiger partial charge in [-0.2, -0.15) is 0 Å². The second kappa shape index (κ2) is 19.1. The number of aromatic amines is 1. The van der Waals surface area contributed by atoms with Crippen molar-refractivity contribution in [1.29, 1.82) is 0 Å². The molecule has 1 unspecified atom stereocenters. The fraction of sp³-hybridized carbons (Fsp3) is 0.404. The number of likely N-dealkylation sites (tertiary alicyclic amines) is 1. The average Bonchev–Trinajstić information content (AvgIpc) is 3.64. The molecule has 9 rings (SSSR count). The van der Waals surface area contributed by atoms with Gasteiger partial charge in [0.25, 0.3) is 17.4 Å². The molecule has 3 fully saturated rings. The number of nitrogens with one attached hydrogen (secondary N) is 3. The van der Waals surface area contributed by atoms with E-state index in [2.05, 4.69) is 78.5 Å². The summed E-state index contributed by atoms with van der Waals surface area (Å²) in [6.45, 7) is 16.3. The molecule has 66 heavy (non-hydrogen) atoms. The lowest BCUT2D eigenvalue weighted by atomic mass is 9.96. The Kier molecular flexibility index (Phi) is 13.0. The zero-order chi connectivity index (χ0) is 46.1. The molecule has 5 aliphatic rings. The van der Waals surface area contributed by atoms with Crippen molar-refractivity contribution in [3.05, 3.63) is 140 Å². The highest BCUT2D eigenvalue weighted by Crippen LogP contribution is 2.35. The average molecular weight is 893 g/mol. The highest BCUT2D eigenvalue weighted by atomic mass is 16.5. The topological polar surface area (TPSA) is 151 Å². The van der Waals surface area contributed by atoms with Gasteiger partial charge >= 0.3 is 0 Å². The number of allylic oxidation sites excluding steroid dienone is 1. The zero-order valence-corrected chi connectivity index (χ0v) is 38.5. The Balaban J connectivity index is 0.817. The zero-order valence-electron chi connectivity index (χ0n) is 38.5. The maximum absolute atomic E-state index is 14.0. The molecule has 14 nitrogen and oxygen atoms in total. The summed E-state index contributed by atoms with van der Waals surface area (Å²) >= 11 is 0. The summed E-state index contributed by atoms with van der Waals surface area (Å²) in [5.41, 5.74) is 11.3. The highest BCUT2D eigenvalue weighted by Gasteiger charge is 2.39. The van der Waals surface area contributed by atoms with Crippen LogP contribution in [0, 0.1) is 20.8 Å². The lowest BCUT2D eigenvalue weighted by Crippen LogP contribution is -2.53. The van der Waals surface area contributed by atoms with Gasteiger partial charge in [-0.15, -0.1) is 0 Å². The monoisotopic (exact) mass is 892 g/mol. The third-order valence-electron chi connectivity index (χ3n) is 14.1. The van der Waals surface area contributed by atoms with Crippen LogP contribution < -0.4 is 26.0 Å². The van der Waals surface area contributed by atoms with E-state index in [1.54, 1.807) is 11.2 Å². The summed E-state index contributed by atoms with van der Waals surface area (Å²) in [6.07, 6.45) is 8.54. The maximum Gasteiger partial charge on any atom is 0.255 e. The van der Waals surface area contributed by atoms with Gasteiger partial charge in [-0.25, -0.2) is 0 Å². The van der Waals surface area contributed by atoms with Crippen LogP contribution >= 0.6 is 0 Å². The molecule has 344 valence electrons. The van der Waals surface area contributed by atoms with Crippen LogP contribution in [0.3, 0.4) is 0 Å². The highest BCUT2D eigenvalue weighted by molar-refractivity contribution is 6.05. The molecule has 0 radical (unpaired) electrons. The van der Waals surface area contributed by atoms with Crippen molar-refractivity contribution in [2.45, 2.75) is 85.1 Å². The number of carbonyl (C=O) groups is 4. The second-order valence-electron chi connectivity index (χ2n) is 18.3. The number of fused-ring (bicyclic) bond motifs is 1. The van der Waals surface area contributed by atoms with E-state index in [9.17, 15) is 24.0 Å². The number of carbonyl (C=O) groups excluding carboxylic acids is 4. The molecule has 4 aromatic rings. The third kappa shape index (κ3) is 9.29. The number of ether oxygens (including phenoxy) is 1. The molecular weight excluding hydrogens is 833 g/mol. The summed E-state index contributed by atoms with van der Waals surface area (Å²) in [5, 5.41) is 5.43. The minimum Gasteiger partial charge on any atom is -0.497 e. The van der Waals surface area contributed by atoms with Gasteiger partial charge in [0.05, 0.1) is 6.26 Å². The Morgan fingerprint density at radius 3 is 2.35 bits per heavy atom. The molecule has 3 aromatic carbocycles. The number of rotatable bonds is 12. The van der Waals surface area contributed by atoms with Gasteiger partial charge in [0.1, 0.15) is 12.6 Å². The molecule has 0 spiro atoms. The van der Waals surface area contributed by atoms with Gasteiger partial charge in [-0.3, -0.25) is 39.1 Å². The molecule has 14 heteroatoms. The first-order valence-corrected chi connectivity index (χ1v) is 23.4. The Bertz CT molecular complexity index is 2660. The minimum absolute atomic E-state index is 0.126. The van der Waals surface area contributed by atoms with E-state index in [1.807, 2.05) is 57.2 Å². The van der Waals surface area contributed by atoms with Gasteiger partial charge in [0.2, 0.25) is 11.8 Å². The Hall–Kier alpha value is -6.51. The first-order chi connectivity index (χ1) is 31.9. The van der Waals surface area contributed by atoms with Gasteiger partial charge in [0.15, 0.2) is 0 Å². The fourth-order valence-corrected chi connectivity index (χ4v) is 10.5. The number of amides is 4. The number of aryl methyl sites for hydroxylation is 2. The van der Waals surface area contributed by atoms with Crippen LogP contribution in [0.4, 0.5) is 11.4 Å². The van der Waals surface area contributed by atoms with E-state index in [0.717, 1.165) is 104 Å². The van der Waals surface area contributed by atoms with Gasteiger partial charge in [-0.1, -0.05) is 24.3 Å². The number of benzene rings is 3. The smallest absolute Gasteiger partial charge is 0.255 e. The first kappa shape index (κ1) is 44.7. The number of hydrogen-bond acceptors (Lipinski definition) is 10. The normalized spacial score (nSPS) is 19.4. The number of hydrogen-bond donors (Lipinski definition) is 3. The maximum atomic E-state index is 14.0. The molecule has 0 saturated carbocycles. The van der Waals surface area contributed by atoms with Gasteiger partial charge in [0, 0.05) is 104 Å². The predicted molar refractivity (Wildman–Crippen MR) is 255 cm³/mol. The molecule has 1 aromatic heterocycles. The number of anilines is 2. The van der Waals surface area contributed by atoms with E-state index in [4.69, 9.17) is 4.74 Å². The molecule has 3 N–H and O–H groups in total. The van der Waals surface area contributed by atoms with Crippen LogP contribution in [0.25, 0.3) is 11.1 Å². The minimum atomic E-state index is -0.602. The van der Waals surface area contributed by atoms with Crippen molar-refractivity contribution in [3.63, 3.8) is 0 Å². The number of imide groups is 1.